The Balaban J connectivity index is 1.86. The quantitative estimate of drug-likeness (QED) is 0.863. The van der Waals surface area contributed by atoms with Crippen molar-refractivity contribution < 1.29 is 0 Å². The van der Waals surface area contributed by atoms with Gasteiger partial charge in [0.2, 0.25) is 0 Å². The van der Waals surface area contributed by atoms with E-state index in [0.29, 0.717) is 17.8 Å². The highest BCUT2D eigenvalue weighted by atomic mass is 79.9. The second kappa shape index (κ2) is 4.70. The number of anilines is 2. The first-order valence-electron chi connectivity index (χ1n) is 6.57. The highest BCUT2D eigenvalue weighted by Crippen LogP contribution is 2.32. The number of rotatable bonds is 1. The zero-order chi connectivity index (χ0) is 12.7. The summed E-state index contributed by atoms with van der Waals surface area (Å²) in [6, 6.07) is 3.15. The smallest absolute Gasteiger partial charge is 0.143 e. The van der Waals surface area contributed by atoms with Crippen LogP contribution < -0.4 is 10.6 Å². The fraction of sp³-hybridized carbons (Fsp3) is 0.615. The van der Waals surface area contributed by atoms with Gasteiger partial charge in [-0.1, -0.05) is 0 Å². The molecule has 98 valence electrons. The summed E-state index contributed by atoms with van der Waals surface area (Å²) in [6.07, 6.45) is 4.39. The molecule has 0 saturated carbocycles. The van der Waals surface area contributed by atoms with Crippen LogP contribution in [0.25, 0.3) is 0 Å². The molecule has 2 unspecified atom stereocenters. The van der Waals surface area contributed by atoms with Gasteiger partial charge in [-0.05, 0) is 48.3 Å². The summed E-state index contributed by atoms with van der Waals surface area (Å²) in [5.41, 5.74) is 6.46. The van der Waals surface area contributed by atoms with Gasteiger partial charge < -0.3 is 10.6 Å². The van der Waals surface area contributed by atoms with Crippen molar-refractivity contribution in [2.24, 2.45) is 0 Å². The number of nitrogens with two attached hydrogens (primary N) is 1. The van der Waals surface area contributed by atoms with E-state index in [0.717, 1.165) is 23.4 Å². The number of pyridine rings is 1. The van der Waals surface area contributed by atoms with Crippen molar-refractivity contribution in [1.82, 2.24) is 9.88 Å². The molecular formula is C13H19BrN4. The van der Waals surface area contributed by atoms with Gasteiger partial charge in [-0.2, -0.15) is 0 Å². The zero-order valence-electron chi connectivity index (χ0n) is 10.6. The predicted octanol–water partition coefficient (Wildman–Crippen LogP) is 2.10. The maximum atomic E-state index is 5.76. The van der Waals surface area contributed by atoms with Gasteiger partial charge in [0, 0.05) is 25.2 Å². The standard InChI is InChI=1S/C13H19BrN4/c1-9-7-17-4-2-3-11(17)8-18(9)13-12(14)5-10(15)6-16-13/h5-6,9,11H,2-4,7-8,15H2,1H3. The van der Waals surface area contributed by atoms with E-state index in [2.05, 4.69) is 37.6 Å². The normalized spacial score (nSPS) is 28.4. The Bertz CT molecular complexity index is 451. The summed E-state index contributed by atoms with van der Waals surface area (Å²) in [7, 11) is 0. The van der Waals surface area contributed by atoms with Crippen molar-refractivity contribution in [3.8, 4) is 0 Å². The Morgan fingerprint density at radius 1 is 1.44 bits per heavy atom. The van der Waals surface area contributed by atoms with Gasteiger partial charge in [0.15, 0.2) is 0 Å². The second-order valence-corrected chi connectivity index (χ2v) is 6.22. The van der Waals surface area contributed by atoms with Crippen LogP contribution in [-0.2, 0) is 0 Å². The van der Waals surface area contributed by atoms with Crippen LogP contribution in [0.2, 0.25) is 0 Å². The SMILES string of the molecule is CC1CN2CCCC2CN1c1ncc(N)cc1Br. The van der Waals surface area contributed by atoms with Crippen LogP contribution in [0.1, 0.15) is 19.8 Å². The van der Waals surface area contributed by atoms with Gasteiger partial charge in [-0.25, -0.2) is 4.98 Å². The summed E-state index contributed by atoms with van der Waals surface area (Å²) < 4.78 is 1.00. The average molecular weight is 311 g/mol. The third kappa shape index (κ3) is 2.10. The van der Waals surface area contributed by atoms with Crippen molar-refractivity contribution in [1.29, 1.82) is 0 Å². The molecule has 0 spiro atoms. The van der Waals surface area contributed by atoms with E-state index in [4.69, 9.17) is 5.73 Å². The molecule has 2 saturated heterocycles. The number of piperazine rings is 1. The van der Waals surface area contributed by atoms with Crippen LogP contribution in [0.15, 0.2) is 16.7 Å². The Labute approximate surface area is 116 Å². The summed E-state index contributed by atoms with van der Waals surface area (Å²) in [6.45, 7) is 5.76. The van der Waals surface area contributed by atoms with Crippen molar-refractivity contribution >= 4 is 27.4 Å². The molecule has 0 radical (unpaired) electrons. The summed E-state index contributed by atoms with van der Waals surface area (Å²) in [4.78, 5) is 9.53. The maximum Gasteiger partial charge on any atom is 0.143 e. The molecular weight excluding hydrogens is 292 g/mol. The van der Waals surface area contributed by atoms with Crippen LogP contribution in [0.5, 0.6) is 0 Å². The second-order valence-electron chi connectivity index (χ2n) is 5.37. The van der Waals surface area contributed by atoms with Crippen molar-refractivity contribution in [3.63, 3.8) is 0 Å². The maximum absolute atomic E-state index is 5.76. The largest absolute Gasteiger partial charge is 0.397 e. The van der Waals surface area contributed by atoms with Gasteiger partial charge in [-0.3, -0.25) is 4.90 Å². The van der Waals surface area contributed by atoms with Gasteiger partial charge in [0.1, 0.15) is 5.82 Å². The fourth-order valence-electron chi connectivity index (χ4n) is 3.14. The monoisotopic (exact) mass is 310 g/mol. The Morgan fingerprint density at radius 3 is 3.06 bits per heavy atom. The molecule has 0 amide bonds. The van der Waals surface area contributed by atoms with E-state index in [9.17, 15) is 0 Å². The lowest BCUT2D eigenvalue weighted by atomic mass is 10.1. The molecule has 18 heavy (non-hydrogen) atoms. The Hall–Kier alpha value is -0.810. The number of halogens is 1. The molecule has 5 heteroatoms. The molecule has 4 nitrogen and oxygen atoms in total. The molecule has 1 aromatic rings. The molecule has 2 fully saturated rings. The van der Waals surface area contributed by atoms with E-state index >= 15 is 0 Å². The van der Waals surface area contributed by atoms with Gasteiger partial charge in [0.05, 0.1) is 16.4 Å². The van der Waals surface area contributed by atoms with Crippen LogP contribution in [-0.4, -0.2) is 41.6 Å². The predicted molar refractivity (Wildman–Crippen MR) is 77.8 cm³/mol. The first-order valence-corrected chi connectivity index (χ1v) is 7.36. The average Bonchev–Trinajstić information content (AvgIpc) is 2.75. The van der Waals surface area contributed by atoms with Gasteiger partial charge >= 0.3 is 0 Å². The topological polar surface area (TPSA) is 45.4 Å². The van der Waals surface area contributed by atoms with E-state index in [-0.39, 0.29) is 0 Å². The lowest BCUT2D eigenvalue weighted by Gasteiger charge is -2.43. The molecule has 0 aromatic carbocycles. The number of aromatic nitrogens is 1. The molecule has 2 N–H and O–H groups in total. The molecule has 0 aliphatic carbocycles. The number of nitrogens with zero attached hydrogens (tertiary/aromatic N) is 3. The highest BCUT2D eigenvalue weighted by molar-refractivity contribution is 9.10. The van der Waals surface area contributed by atoms with Crippen LogP contribution in [0.4, 0.5) is 11.5 Å². The number of hydrogen-bond acceptors (Lipinski definition) is 4. The molecule has 1 aromatic heterocycles. The first-order chi connectivity index (χ1) is 8.65. The minimum Gasteiger partial charge on any atom is -0.397 e. The van der Waals surface area contributed by atoms with Crippen molar-refractivity contribution in [3.05, 3.63) is 16.7 Å². The molecule has 2 aliphatic heterocycles. The van der Waals surface area contributed by atoms with Crippen LogP contribution >= 0.6 is 15.9 Å². The Kier molecular flexibility index (Phi) is 3.20. The highest BCUT2D eigenvalue weighted by Gasteiger charge is 2.35. The number of nitrogen functional groups attached to an aromatic ring is 1. The van der Waals surface area contributed by atoms with Crippen LogP contribution in [0, 0.1) is 0 Å². The van der Waals surface area contributed by atoms with Crippen LogP contribution in [0.3, 0.4) is 0 Å². The lowest BCUT2D eigenvalue weighted by Crippen LogP contribution is -2.55. The van der Waals surface area contributed by atoms with E-state index in [1.165, 1.54) is 19.4 Å². The van der Waals surface area contributed by atoms with Crippen molar-refractivity contribution in [2.45, 2.75) is 31.8 Å². The molecule has 2 atom stereocenters. The van der Waals surface area contributed by atoms with E-state index in [1.54, 1.807) is 6.20 Å². The summed E-state index contributed by atoms with van der Waals surface area (Å²) >= 11 is 3.58. The minimum absolute atomic E-state index is 0.506. The first kappa shape index (κ1) is 12.2. The fourth-order valence-corrected chi connectivity index (χ4v) is 3.73. The van der Waals surface area contributed by atoms with Crippen molar-refractivity contribution in [2.75, 3.05) is 30.3 Å². The molecule has 0 bridgehead atoms. The number of fused-ring (bicyclic) bond motifs is 1. The summed E-state index contributed by atoms with van der Waals surface area (Å²) in [5.74, 6) is 1.03. The summed E-state index contributed by atoms with van der Waals surface area (Å²) in [5, 5.41) is 0. The molecule has 3 rings (SSSR count). The Morgan fingerprint density at radius 2 is 2.28 bits per heavy atom. The van der Waals surface area contributed by atoms with E-state index in [1.807, 2.05) is 6.07 Å². The lowest BCUT2D eigenvalue weighted by molar-refractivity contribution is 0.202. The minimum atomic E-state index is 0.506. The zero-order valence-corrected chi connectivity index (χ0v) is 12.2. The van der Waals surface area contributed by atoms with Gasteiger partial charge in [-0.15, -0.1) is 0 Å². The van der Waals surface area contributed by atoms with E-state index < -0.39 is 0 Å². The molecule has 3 heterocycles. The van der Waals surface area contributed by atoms with Gasteiger partial charge in [0.25, 0.3) is 0 Å². The molecule has 2 aliphatic rings. The third-order valence-corrected chi connectivity index (χ3v) is 4.64. The third-order valence-electron chi connectivity index (χ3n) is 4.05. The number of hydrogen-bond donors (Lipinski definition) is 1.